The molecule has 2 heterocycles. The summed E-state index contributed by atoms with van der Waals surface area (Å²) in [6.45, 7) is 0.672. The standard InChI is InChI=1S/C16H15F4N3OS/c1-25-15-21-13-4-5-23(8-11(13)14(24)22-15)7-9-2-3-10(17)6-12(9)16(18,19)20/h2-3,6H,4-5,7-8H2,1H3,(H,21,22,24). The van der Waals surface area contributed by atoms with Crippen LogP contribution in [0.25, 0.3) is 0 Å². The number of nitrogens with zero attached hydrogens (tertiary/aromatic N) is 2. The highest BCUT2D eigenvalue weighted by atomic mass is 32.2. The number of hydrogen-bond acceptors (Lipinski definition) is 4. The number of fused-ring (bicyclic) bond motifs is 1. The smallest absolute Gasteiger partial charge is 0.301 e. The maximum Gasteiger partial charge on any atom is 0.416 e. The molecule has 0 atom stereocenters. The topological polar surface area (TPSA) is 49.0 Å². The van der Waals surface area contributed by atoms with E-state index in [2.05, 4.69) is 9.97 Å². The van der Waals surface area contributed by atoms with Gasteiger partial charge in [0.15, 0.2) is 5.16 Å². The molecule has 1 aromatic carbocycles. The van der Waals surface area contributed by atoms with Gasteiger partial charge >= 0.3 is 6.18 Å². The van der Waals surface area contributed by atoms with Crippen molar-refractivity contribution in [3.05, 3.63) is 56.8 Å². The van der Waals surface area contributed by atoms with Crippen molar-refractivity contribution >= 4 is 11.8 Å². The molecule has 0 unspecified atom stereocenters. The highest BCUT2D eigenvalue weighted by Gasteiger charge is 2.34. The van der Waals surface area contributed by atoms with E-state index in [1.54, 1.807) is 11.2 Å². The first-order valence-electron chi connectivity index (χ1n) is 7.52. The van der Waals surface area contributed by atoms with E-state index < -0.39 is 17.6 Å². The maximum atomic E-state index is 13.2. The lowest BCUT2D eigenvalue weighted by Gasteiger charge is -2.28. The largest absolute Gasteiger partial charge is 0.416 e. The normalized spacial score (nSPS) is 15.2. The minimum Gasteiger partial charge on any atom is -0.301 e. The zero-order valence-electron chi connectivity index (χ0n) is 13.3. The molecule has 0 saturated heterocycles. The molecule has 0 spiro atoms. The van der Waals surface area contributed by atoms with Gasteiger partial charge in [0.1, 0.15) is 5.82 Å². The van der Waals surface area contributed by atoms with Crippen molar-refractivity contribution in [2.24, 2.45) is 0 Å². The van der Waals surface area contributed by atoms with Crippen molar-refractivity contribution in [3.63, 3.8) is 0 Å². The van der Waals surface area contributed by atoms with Gasteiger partial charge in [-0.2, -0.15) is 13.2 Å². The first-order chi connectivity index (χ1) is 11.8. The van der Waals surface area contributed by atoms with Crippen LogP contribution in [0.3, 0.4) is 0 Å². The molecule has 2 aromatic rings. The van der Waals surface area contributed by atoms with Crippen LogP contribution in [0.2, 0.25) is 0 Å². The van der Waals surface area contributed by atoms with Crippen LogP contribution in [-0.4, -0.2) is 27.7 Å². The van der Waals surface area contributed by atoms with E-state index in [0.29, 0.717) is 35.4 Å². The second-order valence-corrected chi connectivity index (χ2v) is 6.56. The third-order valence-electron chi connectivity index (χ3n) is 4.09. The summed E-state index contributed by atoms with van der Waals surface area (Å²) < 4.78 is 52.6. The minimum absolute atomic E-state index is 0.0116. The van der Waals surface area contributed by atoms with Crippen LogP contribution in [0.15, 0.2) is 28.2 Å². The summed E-state index contributed by atoms with van der Waals surface area (Å²) in [5.41, 5.74) is -0.112. The van der Waals surface area contributed by atoms with Crippen LogP contribution >= 0.6 is 11.8 Å². The number of aromatic amines is 1. The lowest BCUT2D eigenvalue weighted by atomic mass is 10.0. The van der Waals surface area contributed by atoms with Crippen LogP contribution in [0.5, 0.6) is 0 Å². The maximum absolute atomic E-state index is 13.2. The number of thioether (sulfide) groups is 1. The number of benzene rings is 1. The molecule has 1 aliphatic rings. The SMILES string of the molecule is CSc1nc2c(c(=O)[nH]1)CN(Cc1ccc(F)cc1C(F)(F)F)CC2. The first-order valence-corrected chi connectivity index (χ1v) is 8.74. The lowest BCUT2D eigenvalue weighted by molar-refractivity contribution is -0.138. The molecule has 1 N–H and O–H groups in total. The van der Waals surface area contributed by atoms with Gasteiger partial charge < -0.3 is 4.98 Å². The van der Waals surface area contributed by atoms with Crippen LogP contribution in [0.4, 0.5) is 17.6 Å². The van der Waals surface area contributed by atoms with Crippen molar-refractivity contribution in [2.45, 2.75) is 30.8 Å². The zero-order chi connectivity index (χ0) is 18.2. The van der Waals surface area contributed by atoms with Gasteiger partial charge in [-0.3, -0.25) is 9.69 Å². The van der Waals surface area contributed by atoms with Crippen molar-refractivity contribution in [1.82, 2.24) is 14.9 Å². The molecular weight excluding hydrogens is 358 g/mol. The van der Waals surface area contributed by atoms with Crippen molar-refractivity contribution < 1.29 is 17.6 Å². The predicted octanol–water partition coefficient (Wildman–Crippen LogP) is 3.21. The fraction of sp³-hybridized carbons (Fsp3) is 0.375. The molecule has 0 fully saturated rings. The first kappa shape index (κ1) is 17.9. The average Bonchev–Trinajstić information content (AvgIpc) is 2.56. The molecule has 0 amide bonds. The lowest BCUT2D eigenvalue weighted by Crippen LogP contribution is -2.35. The monoisotopic (exact) mass is 373 g/mol. The van der Waals surface area contributed by atoms with Gasteiger partial charge in [-0.1, -0.05) is 17.8 Å². The fourth-order valence-corrected chi connectivity index (χ4v) is 3.28. The van der Waals surface area contributed by atoms with Gasteiger partial charge in [-0.25, -0.2) is 9.37 Å². The van der Waals surface area contributed by atoms with Crippen molar-refractivity contribution in [2.75, 3.05) is 12.8 Å². The second-order valence-electron chi connectivity index (χ2n) is 5.76. The molecule has 25 heavy (non-hydrogen) atoms. The van der Waals surface area contributed by atoms with Gasteiger partial charge in [0.25, 0.3) is 5.56 Å². The van der Waals surface area contributed by atoms with Crippen molar-refractivity contribution in [3.8, 4) is 0 Å². The summed E-state index contributed by atoms with van der Waals surface area (Å²) in [5, 5.41) is 0.523. The van der Waals surface area contributed by atoms with Gasteiger partial charge in [-0.15, -0.1) is 0 Å². The Labute approximate surface area is 145 Å². The number of nitrogens with one attached hydrogen (secondary N) is 1. The summed E-state index contributed by atoms with van der Waals surface area (Å²) in [7, 11) is 0. The Balaban J connectivity index is 1.86. The van der Waals surface area contributed by atoms with E-state index in [9.17, 15) is 22.4 Å². The van der Waals surface area contributed by atoms with E-state index in [0.717, 1.165) is 12.1 Å². The van der Waals surface area contributed by atoms with Crippen LogP contribution in [0, 0.1) is 5.82 Å². The molecule has 9 heteroatoms. The molecule has 1 aromatic heterocycles. The molecule has 134 valence electrons. The van der Waals surface area contributed by atoms with E-state index in [-0.39, 0.29) is 24.2 Å². The number of aromatic nitrogens is 2. The zero-order valence-corrected chi connectivity index (χ0v) is 14.1. The van der Waals surface area contributed by atoms with E-state index >= 15 is 0 Å². The summed E-state index contributed by atoms with van der Waals surface area (Å²) in [6, 6.07) is 2.67. The van der Waals surface area contributed by atoms with E-state index in [1.807, 2.05) is 0 Å². The molecule has 1 aliphatic heterocycles. The summed E-state index contributed by atoms with van der Waals surface area (Å²) in [6.07, 6.45) is -2.35. The Morgan fingerprint density at radius 2 is 2.12 bits per heavy atom. The average molecular weight is 373 g/mol. The summed E-state index contributed by atoms with van der Waals surface area (Å²) >= 11 is 1.32. The number of H-pyrrole nitrogens is 1. The molecule has 4 nitrogen and oxygen atoms in total. The van der Waals surface area contributed by atoms with E-state index in [4.69, 9.17) is 0 Å². The van der Waals surface area contributed by atoms with Gasteiger partial charge in [0, 0.05) is 26.1 Å². The summed E-state index contributed by atoms with van der Waals surface area (Å²) in [4.78, 5) is 20.9. The molecule has 0 bridgehead atoms. The van der Waals surface area contributed by atoms with Crippen LogP contribution in [0.1, 0.15) is 22.4 Å². The molecule has 0 aliphatic carbocycles. The third-order valence-corrected chi connectivity index (χ3v) is 4.67. The van der Waals surface area contributed by atoms with Gasteiger partial charge in [-0.05, 0) is 24.0 Å². The number of hydrogen-bond donors (Lipinski definition) is 1. The van der Waals surface area contributed by atoms with Crippen LogP contribution in [-0.2, 0) is 25.7 Å². The molecular formula is C16H15F4N3OS. The highest BCUT2D eigenvalue weighted by molar-refractivity contribution is 7.98. The minimum atomic E-state index is -4.63. The number of rotatable bonds is 3. The number of alkyl halides is 3. The second kappa shape index (κ2) is 6.80. The third kappa shape index (κ3) is 3.87. The van der Waals surface area contributed by atoms with Gasteiger partial charge in [0.2, 0.25) is 0 Å². The highest BCUT2D eigenvalue weighted by Crippen LogP contribution is 2.33. The Morgan fingerprint density at radius 1 is 1.36 bits per heavy atom. The van der Waals surface area contributed by atoms with E-state index in [1.165, 1.54) is 11.8 Å². The number of halogens is 4. The Morgan fingerprint density at radius 3 is 2.80 bits per heavy atom. The molecule has 3 rings (SSSR count). The Hall–Kier alpha value is -1.87. The predicted molar refractivity (Wildman–Crippen MR) is 85.9 cm³/mol. The quantitative estimate of drug-likeness (QED) is 0.510. The fourth-order valence-electron chi connectivity index (χ4n) is 2.88. The van der Waals surface area contributed by atoms with Gasteiger partial charge in [0.05, 0.1) is 16.8 Å². The molecule has 0 saturated carbocycles. The Bertz CT molecular complexity index is 850. The summed E-state index contributed by atoms with van der Waals surface area (Å²) in [5.74, 6) is -0.926. The van der Waals surface area contributed by atoms with Crippen LogP contribution < -0.4 is 5.56 Å². The van der Waals surface area contributed by atoms with Crippen molar-refractivity contribution in [1.29, 1.82) is 0 Å². The Kier molecular flexibility index (Phi) is 4.88. The molecule has 0 radical (unpaired) electrons.